The van der Waals surface area contributed by atoms with E-state index < -0.39 is 12.1 Å². The molecule has 1 aliphatic heterocycles. The highest BCUT2D eigenvalue weighted by atomic mass is 16.5. The molecule has 6 heteroatoms. The summed E-state index contributed by atoms with van der Waals surface area (Å²) in [5, 5.41) is 2.88. The summed E-state index contributed by atoms with van der Waals surface area (Å²) < 4.78 is 5.26. The first-order valence-corrected chi connectivity index (χ1v) is 8.46. The topological polar surface area (TPSA) is 61.9 Å². The number of amides is 2. The van der Waals surface area contributed by atoms with Crippen molar-refractivity contribution in [1.29, 1.82) is 0 Å². The van der Waals surface area contributed by atoms with Crippen molar-refractivity contribution >= 4 is 11.8 Å². The van der Waals surface area contributed by atoms with E-state index in [1.165, 1.54) is 0 Å². The van der Waals surface area contributed by atoms with E-state index in [1.54, 1.807) is 11.8 Å². The molecule has 0 spiro atoms. The minimum Gasteiger partial charge on any atom is -0.378 e. The molecule has 2 atom stereocenters. The quantitative estimate of drug-likeness (QED) is 0.845. The molecule has 0 radical (unpaired) electrons. The highest BCUT2D eigenvalue weighted by Crippen LogP contribution is 2.19. The molecular weight excluding hydrogens is 306 g/mol. The van der Waals surface area contributed by atoms with Crippen LogP contribution in [0, 0.1) is 0 Å². The Morgan fingerprint density at radius 2 is 1.88 bits per heavy atom. The number of nitrogens with zero attached hydrogens (tertiary/aromatic N) is 2. The molecule has 132 valence electrons. The van der Waals surface area contributed by atoms with Crippen molar-refractivity contribution in [2.45, 2.75) is 25.9 Å². The second-order valence-electron chi connectivity index (χ2n) is 6.05. The van der Waals surface area contributed by atoms with E-state index in [0.29, 0.717) is 26.3 Å². The van der Waals surface area contributed by atoms with Gasteiger partial charge < -0.3 is 15.0 Å². The monoisotopic (exact) mass is 333 g/mol. The molecule has 2 amide bonds. The van der Waals surface area contributed by atoms with E-state index in [-0.39, 0.29) is 11.8 Å². The van der Waals surface area contributed by atoms with Crippen LogP contribution in [0.5, 0.6) is 0 Å². The molecule has 1 heterocycles. The lowest BCUT2D eigenvalue weighted by Gasteiger charge is -2.31. The molecule has 0 unspecified atom stereocenters. The summed E-state index contributed by atoms with van der Waals surface area (Å²) in [6.07, 6.45) is 0. The first-order valence-electron chi connectivity index (χ1n) is 8.46. The van der Waals surface area contributed by atoms with Crippen LogP contribution in [-0.4, -0.2) is 67.6 Å². The fraction of sp³-hybridized carbons (Fsp3) is 0.556. The van der Waals surface area contributed by atoms with Crippen LogP contribution in [0.15, 0.2) is 30.3 Å². The van der Waals surface area contributed by atoms with Gasteiger partial charge in [0.05, 0.1) is 13.2 Å². The first-order chi connectivity index (χ1) is 11.5. The summed E-state index contributed by atoms with van der Waals surface area (Å²) >= 11 is 0. The minimum absolute atomic E-state index is 0.0578. The molecule has 0 aromatic heterocycles. The van der Waals surface area contributed by atoms with Gasteiger partial charge in [-0.3, -0.25) is 14.5 Å². The SMILES string of the molecule is CCN(C)[C@H](C(=O)N[C@@H](C)C(=O)N1CCOCC1)c1ccccc1. The molecule has 1 fully saturated rings. The third kappa shape index (κ3) is 4.55. The van der Waals surface area contributed by atoms with Crippen LogP contribution in [0.1, 0.15) is 25.5 Å². The Hall–Kier alpha value is -1.92. The van der Waals surface area contributed by atoms with Crippen LogP contribution in [0.25, 0.3) is 0 Å². The van der Waals surface area contributed by atoms with Gasteiger partial charge in [0.2, 0.25) is 11.8 Å². The van der Waals surface area contributed by atoms with Crippen molar-refractivity contribution in [3.05, 3.63) is 35.9 Å². The van der Waals surface area contributed by atoms with E-state index in [4.69, 9.17) is 4.74 Å². The molecule has 1 aromatic rings. The van der Waals surface area contributed by atoms with Crippen LogP contribution in [0.3, 0.4) is 0 Å². The maximum Gasteiger partial charge on any atom is 0.245 e. The number of carbonyl (C=O) groups is 2. The molecule has 1 saturated heterocycles. The third-order valence-corrected chi connectivity index (χ3v) is 4.36. The van der Waals surface area contributed by atoms with Gasteiger partial charge in [0.25, 0.3) is 0 Å². The standard InChI is InChI=1S/C18H27N3O3/c1-4-20(3)16(15-8-6-5-7-9-15)17(22)19-14(2)18(23)21-10-12-24-13-11-21/h5-9,14,16H,4,10-13H2,1-3H3,(H,19,22)/t14-,16-/m0/s1. The van der Waals surface area contributed by atoms with Gasteiger partial charge in [0.1, 0.15) is 12.1 Å². The zero-order chi connectivity index (χ0) is 17.5. The van der Waals surface area contributed by atoms with E-state index in [1.807, 2.05) is 49.2 Å². The maximum absolute atomic E-state index is 12.8. The van der Waals surface area contributed by atoms with E-state index in [9.17, 15) is 9.59 Å². The number of benzene rings is 1. The predicted octanol–water partition coefficient (Wildman–Crippen LogP) is 1.04. The van der Waals surface area contributed by atoms with Gasteiger partial charge in [-0.2, -0.15) is 0 Å². The smallest absolute Gasteiger partial charge is 0.245 e. The Morgan fingerprint density at radius 1 is 1.25 bits per heavy atom. The first kappa shape index (κ1) is 18.4. The Morgan fingerprint density at radius 3 is 2.46 bits per heavy atom. The van der Waals surface area contributed by atoms with Gasteiger partial charge in [-0.05, 0) is 26.1 Å². The van der Waals surface area contributed by atoms with E-state index in [2.05, 4.69) is 5.32 Å². The number of rotatable bonds is 6. The predicted molar refractivity (Wildman–Crippen MR) is 92.5 cm³/mol. The summed E-state index contributed by atoms with van der Waals surface area (Å²) in [6.45, 7) is 6.75. The van der Waals surface area contributed by atoms with Crippen molar-refractivity contribution in [3.8, 4) is 0 Å². The zero-order valence-corrected chi connectivity index (χ0v) is 14.7. The molecule has 0 bridgehead atoms. The van der Waals surface area contributed by atoms with Crippen molar-refractivity contribution < 1.29 is 14.3 Å². The van der Waals surface area contributed by atoms with E-state index in [0.717, 1.165) is 12.1 Å². The number of ether oxygens (including phenoxy) is 1. The van der Waals surface area contributed by atoms with E-state index >= 15 is 0 Å². The molecule has 1 aliphatic rings. The summed E-state index contributed by atoms with van der Waals surface area (Å²) in [6, 6.07) is 8.68. The van der Waals surface area contributed by atoms with Gasteiger partial charge in [0.15, 0.2) is 0 Å². The molecule has 6 nitrogen and oxygen atoms in total. The summed E-state index contributed by atoms with van der Waals surface area (Å²) in [5.41, 5.74) is 0.922. The number of likely N-dealkylation sites (N-methyl/N-ethyl adjacent to an activating group) is 1. The summed E-state index contributed by atoms with van der Waals surface area (Å²) in [5.74, 6) is -0.211. The van der Waals surface area contributed by atoms with Crippen molar-refractivity contribution in [3.63, 3.8) is 0 Å². The normalized spacial score (nSPS) is 17.4. The van der Waals surface area contributed by atoms with Gasteiger partial charge in [-0.1, -0.05) is 37.3 Å². The Labute approximate surface area is 143 Å². The lowest BCUT2D eigenvalue weighted by molar-refractivity contribution is -0.140. The lowest BCUT2D eigenvalue weighted by Crippen LogP contribution is -2.52. The average molecular weight is 333 g/mol. The van der Waals surface area contributed by atoms with Crippen molar-refractivity contribution in [2.75, 3.05) is 39.9 Å². The number of morpholine rings is 1. The third-order valence-electron chi connectivity index (χ3n) is 4.36. The van der Waals surface area contributed by atoms with Gasteiger partial charge in [-0.15, -0.1) is 0 Å². The molecular formula is C18H27N3O3. The largest absolute Gasteiger partial charge is 0.378 e. The van der Waals surface area contributed by atoms with Gasteiger partial charge in [-0.25, -0.2) is 0 Å². The van der Waals surface area contributed by atoms with Crippen molar-refractivity contribution in [1.82, 2.24) is 15.1 Å². The minimum atomic E-state index is -0.549. The fourth-order valence-corrected chi connectivity index (χ4v) is 2.84. The fourth-order valence-electron chi connectivity index (χ4n) is 2.84. The van der Waals surface area contributed by atoms with Crippen molar-refractivity contribution in [2.24, 2.45) is 0 Å². The van der Waals surface area contributed by atoms with Crippen LogP contribution in [0.4, 0.5) is 0 Å². The molecule has 1 aromatic carbocycles. The lowest BCUT2D eigenvalue weighted by atomic mass is 10.0. The summed E-state index contributed by atoms with van der Waals surface area (Å²) in [4.78, 5) is 29.0. The molecule has 24 heavy (non-hydrogen) atoms. The second-order valence-corrected chi connectivity index (χ2v) is 6.05. The van der Waals surface area contributed by atoms with Crippen LogP contribution < -0.4 is 5.32 Å². The maximum atomic E-state index is 12.8. The Bertz CT molecular complexity index is 544. The van der Waals surface area contributed by atoms with Gasteiger partial charge in [0, 0.05) is 13.1 Å². The van der Waals surface area contributed by atoms with Crippen LogP contribution in [-0.2, 0) is 14.3 Å². The zero-order valence-electron chi connectivity index (χ0n) is 14.7. The highest BCUT2D eigenvalue weighted by Gasteiger charge is 2.29. The Balaban J connectivity index is 2.05. The van der Waals surface area contributed by atoms with Gasteiger partial charge >= 0.3 is 0 Å². The molecule has 2 rings (SSSR count). The molecule has 0 aliphatic carbocycles. The molecule has 0 saturated carbocycles. The molecule has 1 N–H and O–H groups in total. The number of hydrogen-bond acceptors (Lipinski definition) is 4. The number of nitrogens with one attached hydrogen (secondary N) is 1. The second kappa shape index (κ2) is 8.80. The van der Waals surface area contributed by atoms with Crippen LogP contribution in [0.2, 0.25) is 0 Å². The highest BCUT2D eigenvalue weighted by molar-refractivity contribution is 5.90. The average Bonchev–Trinajstić information content (AvgIpc) is 2.62. The Kier molecular flexibility index (Phi) is 6.75. The van der Waals surface area contributed by atoms with Crippen LogP contribution >= 0.6 is 0 Å². The number of carbonyl (C=O) groups excluding carboxylic acids is 2. The number of hydrogen-bond donors (Lipinski definition) is 1. The summed E-state index contributed by atoms with van der Waals surface area (Å²) in [7, 11) is 1.91.